The molecule has 1 radical (unpaired) electrons. The van der Waals surface area contributed by atoms with Crippen molar-refractivity contribution in [2.45, 2.75) is 70.6 Å². The van der Waals surface area contributed by atoms with Crippen LogP contribution in [0.1, 0.15) is 70.6 Å². The van der Waals surface area contributed by atoms with E-state index in [1.165, 1.54) is 19.3 Å². The largest absolute Gasteiger partial charge is 0.0533 e. The van der Waals surface area contributed by atoms with E-state index in [-0.39, 0.29) is 0 Å². The number of hydrogen-bond donors (Lipinski definition) is 0. The molecule has 0 atom stereocenters. The van der Waals surface area contributed by atoms with E-state index < -0.39 is 0 Å². The SMILES string of the molecule is [CH2]CCCCCC12CC3CC(CC(C3)C1)C2. The smallest absolute Gasteiger partial charge is 0.0290 e. The average molecular weight is 219 g/mol. The highest BCUT2D eigenvalue weighted by Gasteiger charge is 2.50. The lowest BCUT2D eigenvalue weighted by Gasteiger charge is -2.57. The van der Waals surface area contributed by atoms with Crippen LogP contribution in [0, 0.1) is 30.1 Å². The van der Waals surface area contributed by atoms with Crippen molar-refractivity contribution in [1.29, 1.82) is 0 Å². The highest BCUT2D eigenvalue weighted by atomic mass is 14.5. The molecule has 0 aliphatic heterocycles. The summed E-state index contributed by atoms with van der Waals surface area (Å²) in [6.45, 7) is 3.95. The zero-order valence-electron chi connectivity index (χ0n) is 10.7. The Kier molecular flexibility index (Phi) is 3.02. The van der Waals surface area contributed by atoms with Gasteiger partial charge in [0.25, 0.3) is 0 Å². The summed E-state index contributed by atoms with van der Waals surface area (Å²) in [7, 11) is 0. The van der Waals surface area contributed by atoms with Crippen LogP contribution in [-0.2, 0) is 0 Å². The third kappa shape index (κ3) is 2.05. The summed E-state index contributed by atoms with van der Waals surface area (Å²) in [5, 5.41) is 0. The molecular weight excluding hydrogens is 192 g/mol. The van der Waals surface area contributed by atoms with Crippen LogP contribution >= 0.6 is 0 Å². The Morgan fingerprint density at radius 2 is 1.38 bits per heavy atom. The lowest BCUT2D eigenvalue weighted by molar-refractivity contribution is -0.0583. The van der Waals surface area contributed by atoms with Gasteiger partial charge in [-0.25, -0.2) is 0 Å². The molecule has 0 aromatic carbocycles. The van der Waals surface area contributed by atoms with Crippen molar-refractivity contribution in [3.05, 3.63) is 6.92 Å². The van der Waals surface area contributed by atoms with Gasteiger partial charge in [-0.05, 0) is 68.1 Å². The van der Waals surface area contributed by atoms with E-state index in [9.17, 15) is 0 Å². The second-order valence-electron chi connectivity index (χ2n) is 7.08. The van der Waals surface area contributed by atoms with Gasteiger partial charge in [-0.15, -0.1) is 0 Å². The van der Waals surface area contributed by atoms with Crippen LogP contribution in [0.2, 0.25) is 0 Å². The fraction of sp³-hybridized carbons (Fsp3) is 0.938. The maximum atomic E-state index is 3.95. The summed E-state index contributed by atoms with van der Waals surface area (Å²) in [5.74, 6) is 3.41. The highest BCUT2D eigenvalue weighted by Crippen LogP contribution is 2.61. The maximum Gasteiger partial charge on any atom is -0.0290 e. The van der Waals surface area contributed by atoms with E-state index >= 15 is 0 Å². The minimum Gasteiger partial charge on any atom is -0.0533 e. The van der Waals surface area contributed by atoms with Crippen molar-refractivity contribution in [2.24, 2.45) is 23.2 Å². The molecule has 4 bridgehead atoms. The van der Waals surface area contributed by atoms with E-state index in [0.717, 1.165) is 29.6 Å². The number of rotatable bonds is 5. The topological polar surface area (TPSA) is 0 Å². The molecule has 0 nitrogen and oxygen atoms in total. The Morgan fingerprint density at radius 1 is 0.812 bits per heavy atom. The Bertz CT molecular complexity index is 205. The lowest BCUT2D eigenvalue weighted by Crippen LogP contribution is -2.45. The highest BCUT2D eigenvalue weighted by molar-refractivity contribution is 5.01. The molecule has 4 aliphatic carbocycles. The molecule has 4 rings (SSSR count). The summed E-state index contributed by atoms with van der Waals surface area (Å²) < 4.78 is 0. The van der Waals surface area contributed by atoms with Crippen LogP contribution in [0.4, 0.5) is 0 Å². The maximum absolute atomic E-state index is 3.95. The van der Waals surface area contributed by atoms with Crippen molar-refractivity contribution >= 4 is 0 Å². The molecule has 4 saturated carbocycles. The van der Waals surface area contributed by atoms with Gasteiger partial charge in [0.2, 0.25) is 0 Å². The molecule has 0 aromatic rings. The Morgan fingerprint density at radius 3 is 1.88 bits per heavy atom. The fourth-order valence-electron chi connectivity index (χ4n) is 5.45. The third-order valence-corrected chi connectivity index (χ3v) is 5.62. The first kappa shape index (κ1) is 11.1. The van der Waals surface area contributed by atoms with Crippen LogP contribution in [0.15, 0.2) is 0 Å². The zero-order chi connectivity index (χ0) is 11.0. The van der Waals surface area contributed by atoms with Crippen molar-refractivity contribution < 1.29 is 0 Å². The number of hydrogen-bond acceptors (Lipinski definition) is 0. The molecule has 4 aliphatic rings. The van der Waals surface area contributed by atoms with Crippen LogP contribution in [0.25, 0.3) is 0 Å². The van der Waals surface area contributed by atoms with Gasteiger partial charge in [0.15, 0.2) is 0 Å². The Balaban J connectivity index is 1.56. The molecule has 0 unspecified atom stereocenters. The average Bonchev–Trinajstić information content (AvgIpc) is 2.22. The molecule has 0 amide bonds. The minimum absolute atomic E-state index is 0.829. The monoisotopic (exact) mass is 219 g/mol. The predicted octanol–water partition coefficient (Wildman–Crippen LogP) is 4.99. The van der Waals surface area contributed by atoms with Crippen LogP contribution in [0.5, 0.6) is 0 Å². The first-order chi connectivity index (χ1) is 7.80. The van der Waals surface area contributed by atoms with Crippen LogP contribution in [0.3, 0.4) is 0 Å². The fourth-order valence-corrected chi connectivity index (χ4v) is 5.45. The second kappa shape index (κ2) is 4.35. The molecule has 0 saturated heterocycles. The van der Waals surface area contributed by atoms with Crippen LogP contribution < -0.4 is 0 Å². The standard InChI is InChI=1S/C16H27/c1-2-3-4-5-6-16-10-13-7-14(11-16)9-15(8-13)12-16/h13-15H,1-12H2. The van der Waals surface area contributed by atoms with Gasteiger partial charge in [0.1, 0.15) is 0 Å². The quantitative estimate of drug-likeness (QED) is 0.572. The summed E-state index contributed by atoms with van der Waals surface area (Å²) in [5.41, 5.74) is 0.829. The van der Waals surface area contributed by atoms with Crippen molar-refractivity contribution in [3.8, 4) is 0 Å². The molecule has 0 spiro atoms. The third-order valence-electron chi connectivity index (χ3n) is 5.62. The second-order valence-corrected chi connectivity index (χ2v) is 7.08. The van der Waals surface area contributed by atoms with Crippen LogP contribution in [-0.4, -0.2) is 0 Å². The van der Waals surface area contributed by atoms with Gasteiger partial charge >= 0.3 is 0 Å². The summed E-state index contributed by atoms with van der Waals surface area (Å²) in [4.78, 5) is 0. The molecule has 0 heterocycles. The summed E-state index contributed by atoms with van der Waals surface area (Å²) in [6, 6.07) is 0. The van der Waals surface area contributed by atoms with E-state index in [4.69, 9.17) is 0 Å². The van der Waals surface area contributed by atoms with E-state index in [1.54, 1.807) is 44.9 Å². The molecule has 4 fully saturated rings. The van der Waals surface area contributed by atoms with Gasteiger partial charge in [-0.2, -0.15) is 0 Å². The van der Waals surface area contributed by atoms with Gasteiger partial charge in [-0.1, -0.05) is 32.6 Å². The first-order valence-electron chi connectivity index (χ1n) is 7.59. The summed E-state index contributed by atoms with van der Waals surface area (Å²) >= 11 is 0. The van der Waals surface area contributed by atoms with Gasteiger partial charge in [-0.3, -0.25) is 0 Å². The molecule has 0 heteroatoms. The lowest BCUT2D eigenvalue weighted by atomic mass is 9.48. The van der Waals surface area contributed by atoms with Gasteiger partial charge in [0, 0.05) is 0 Å². The van der Waals surface area contributed by atoms with Gasteiger partial charge < -0.3 is 0 Å². The normalized spacial score (nSPS) is 45.2. The Hall–Kier alpha value is 0. The van der Waals surface area contributed by atoms with E-state index in [1.807, 2.05) is 0 Å². The van der Waals surface area contributed by atoms with E-state index in [2.05, 4.69) is 6.92 Å². The molecule has 91 valence electrons. The predicted molar refractivity (Wildman–Crippen MR) is 69.0 cm³/mol. The Labute approximate surface area is 101 Å². The number of unbranched alkanes of at least 4 members (excludes halogenated alkanes) is 3. The first-order valence-corrected chi connectivity index (χ1v) is 7.59. The van der Waals surface area contributed by atoms with Crippen molar-refractivity contribution in [2.75, 3.05) is 0 Å². The van der Waals surface area contributed by atoms with Gasteiger partial charge in [0.05, 0.1) is 0 Å². The minimum atomic E-state index is 0.829. The summed E-state index contributed by atoms with van der Waals surface area (Å²) in [6.07, 6.45) is 16.6. The van der Waals surface area contributed by atoms with Crippen molar-refractivity contribution in [1.82, 2.24) is 0 Å². The molecular formula is C16H27. The zero-order valence-corrected chi connectivity index (χ0v) is 10.7. The van der Waals surface area contributed by atoms with Crippen molar-refractivity contribution in [3.63, 3.8) is 0 Å². The molecule has 0 N–H and O–H groups in total. The van der Waals surface area contributed by atoms with E-state index in [0.29, 0.717) is 0 Å². The molecule has 0 aromatic heterocycles. The molecule has 16 heavy (non-hydrogen) atoms.